The Morgan fingerprint density at radius 2 is 2.13 bits per heavy atom. The van der Waals surface area contributed by atoms with Crippen LogP contribution in [0.5, 0.6) is 5.75 Å². The van der Waals surface area contributed by atoms with E-state index in [1.54, 1.807) is 12.1 Å². The number of hydrogen-bond acceptors (Lipinski definition) is 5. The number of amides is 1. The van der Waals surface area contributed by atoms with Gasteiger partial charge in [0.1, 0.15) is 5.75 Å². The van der Waals surface area contributed by atoms with Gasteiger partial charge in [0.2, 0.25) is 0 Å². The number of rotatable bonds is 3. The number of ether oxygens (including phenoxy) is 2. The third kappa shape index (κ3) is 3.74. The van der Waals surface area contributed by atoms with Crippen molar-refractivity contribution >= 4 is 38.9 Å². The summed E-state index contributed by atoms with van der Waals surface area (Å²) in [6.07, 6.45) is -0.447. The topological polar surface area (TPSA) is 72.9 Å². The van der Waals surface area contributed by atoms with Crippen LogP contribution in [0.4, 0.5) is 0 Å². The van der Waals surface area contributed by atoms with E-state index in [-0.39, 0.29) is 24.0 Å². The molecule has 3 rings (SSSR count). The van der Waals surface area contributed by atoms with Gasteiger partial charge >= 0.3 is 0 Å². The summed E-state index contributed by atoms with van der Waals surface area (Å²) in [6.45, 7) is 0.460. The van der Waals surface area contributed by atoms with Gasteiger partial charge in [0, 0.05) is 11.6 Å². The van der Waals surface area contributed by atoms with Gasteiger partial charge in [-0.1, -0.05) is 23.2 Å². The van der Waals surface area contributed by atoms with Crippen molar-refractivity contribution in [3.63, 3.8) is 0 Å². The van der Waals surface area contributed by atoms with Crippen LogP contribution in [0.15, 0.2) is 18.2 Å². The van der Waals surface area contributed by atoms with Crippen LogP contribution in [0.1, 0.15) is 0 Å². The summed E-state index contributed by atoms with van der Waals surface area (Å²) >= 11 is 11.8. The highest BCUT2D eigenvalue weighted by atomic mass is 35.5. The van der Waals surface area contributed by atoms with Gasteiger partial charge in [0.05, 0.1) is 35.3 Å². The first kappa shape index (κ1) is 16.8. The zero-order valence-corrected chi connectivity index (χ0v) is 14.4. The molecule has 0 bridgehead atoms. The standard InChI is InChI=1S/C14H15Cl2NO5S/c15-9-1-2-12(10(16)5-9)22-6-14(18)17-3-4-21-13-8-23(19,20)7-11(13)17/h1-2,5,11,13H,3-4,6-8H2. The molecule has 2 heterocycles. The van der Waals surface area contributed by atoms with E-state index in [0.717, 1.165) is 0 Å². The van der Waals surface area contributed by atoms with Gasteiger partial charge in [-0.25, -0.2) is 8.42 Å². The fourth-order valence-corrected chi connectivity index (χ4v) is 5.17. The minimum absolute atomic E-state index is 0.0364. The van der Waals surface area contributed by atoms with Crippen molar-refractivity contribution in [3.05, 3.63) is 28.2 Å². The highest BCUT2D eigenvalue weighted by molar-refractivity contribution is 7.91. The average Bonchev–Trinajstić information content (AvgIpc) is 2.79. The molecule has 6 nitrogen and oxygen atoms in total. The monoisotopic (exact) mass is 379 g/mol. The Bertz CT molecular complexity index is 724. The van der Waals surface area contributed by atoms with Crippen molar-refractivity contribution in [2.75, 3.05) is 31.3 Å². The number of hydrogen-bond donors (Lipinski definition) is 0. The maximum atomic E-state index is 12.4. The first-order chi connectivity index (χ1) is 10.9. The van der Waals surface area contributed by atoms with E-state index in [0.29, 0.717) is 28.9 Å². The van der Waals surface area contributed by atoms with Gasteiger partial charge in [0.25, 0.3) is 5.91 Å². The molecule has 2 fully saturated rings. The largest absolute Gasteiger partial charge is 0.482 e. The molecule has 1 aromatic carbocycles. The second-order valence-corrected chi connectivity index (χ2v) is 8.50. The number of fused-ring (bicyclic) bond motifs is 1. The quantitative estimate of drug-likeness (QED) is 0.793. The van der Waals surface area contributed by atoms with E-state index in [4.69, 9.17) is 32.7 Å². The highest BCUT2D eigenvalue weighted by Gasteiger charge is 2.45. The molecule has 0 saturated carbocycles. The van der Waals surface area contributed by atoms with E-state index in [9.17, 15) is 13.2 Å². The molecule has 2 aliphatic heterocycles. The lowest BCUT2D eigenvalue weighted by Crippen LogP contribution is -2.54. The fraction of sp³-hybridized carbons (Fsp3) is 0.500. The number of halogens is 2. The maximum Gasteiger partial charge on any atom is 0.260 e. The summed E-state index contributed by atoms with van der Waals surface area (Å²) in [7, 11) is -3.17. The third-order valence-electron chi connectivity index (χ3n) is 3.90. The lowest BCUT2D eigenvalue weighted by atomic mass is 10.1. The maximum absolute atomic E-state index is 12.4. The summed E-state index contributed by atoms with van der Waals surface area (Å²) in [4.78, 5) is 13.9. The van der Waals surface area contributed by atoms with E-state index in [2.05, 4.69) is 0 Å². The Morgan fingerprint density at radius 3 is 2.87 bits per heavy atom. The van der Waals surface area contributed by atoms with E-state index in [1.165, 1.54) is 11.0 Å². The second kappa shape index (κ2) is 6.47. The predicted molar refractivity (Wildman–Crippen MR) is 85.9 cm³/mol. The zero-order chi connectivity index (χ0) is 16.6. The zero-order valence-electron chi connectivity index (χ0n) is 12.1. The molecule has 0 N–H and O–H groups in total. The SMILES string of the molecule is O=C(COc1ccc(Cl)cc1Cl)N1CCOC2CS(=O)(=O)CC21. The number of morpholine rings is 1. The molecule has 0 aliphatic carbocycles. The van der Waals surface area contributed by atoms with Crippen molar-refractivity contribution in [2.24, 2.45) is 0 Å². The Labute approximate surface area is 144 Å². The van der Waals surface area contributed by atoms with Crippen molar-refractivity contribution in [1.29, 1.82) is 0 Å². The van der Waals surface area contributed by atoms with Crippen LogP contribution in [-0.2, 0) is 19.4 Å². The molecule has 2 unspecified atom stereocenters. The Morgan fingerprint density at radius 1 is 1.35 bits per heavy atom. The highest BCUT2D eigenvalue weighted by Crippen LogP contribution is 2.28. The number of sulfone groups is 1. The molecule has 2 atom stereocenters. The van der Waals surface area contributed by atoms with Gasteiger partial charge < -0.3 is 14.4 Å². The first-order valence-corrected chi connectivity index (χ1v) is 9.63. The Hall–Kier alpha value is -1.02. The molecular weight excluding hydrogens is 365 g/mol. The molecule has 2 aliphatic rings. The molecule has 1 amide bonds. The first-order valence-electron chi connectivity index (χ1n) is 7.05. The molecular formula is C14H15Cl2NO5S. The fourth-order valence-electron chi connectivity index (χ4n) is 2.84. The van der Waals surface area contributed by atoms with Gasteiger partial charge in [-0.3, -0.25) is 4.79 Å². The van der Waals surface area contributed by atoms with Crippen LogP contribution in [0.25, 0.3) is 0 Å². The molecule has 9 heteroatoms. The second-order valence-electron chi connectivity index (χ2n) is 5.50. The minimum Gasteiger partial charge on any atom is -0.482 e. The van der Waals surface area contributed by atoms with E-state index >= 15 is 0 Å². The third-order valence-corrected chi connectivity index (χ3v) is 6.12. The van der Waals surface area contributed by atoms with Gasteiger partial charge in [-0.15, -0.1) is 0 Å². The smallest absolute Gasteiger partial charge is 0.260 e. The molecule has 2 saturated heterocycles. The number of nitrogens with zero attached hydrogens (tertiary/aromatic N) is 1. The van der Waals surface area contributed by atoms with Crippen LogP contribution in [-0.4, -0.2) is 62.6 Å². The summed E-state index contributed by atoms with van der Waals surface area (Å²) in [6, 6.07) is 4.28. The van der Waals surface area contributed by atoms with Crippen LogP contribution >= 0.6 is 23.2 Å². The molecule has 1 aromatic rings. The van der Waals surface area contributed by atoms with E-state index in [1.807, 2.05) is 0 Å². The van der Waals surface area contributed by atoms with Crippen molar-refractivity contribution in [3.8, 4) is 5.75 Å². The molecule has 0 spiro atoms. The van der Waals surface area contributed by atoms with Gasteiger partial charge in [-0.2, -0.15) is 0 Å². The minimum atomic E-state index is -3.17. The number of carbonyl (C=O) groups is 1. The van der Waals surface area contributed by atoms with Gasteiger partial charge in [-0.05, 0) is 18.2 Å². The molecule has 0 aromatic heterocycles. The number of carbonyl (C=O) groups excluding carboxylic acids is 1. The van der Waals surface area contributed by atoms with Crippen LogP contribution in [0.2, 0.25) is 10.0 Å². The van der Waals surface area contributed by atoms with E-state index < -0.39 is 22.0 Å². The summed E-state index contributed by atoms with van der Waals surface area (Å²) in [5.41, 5.74) is 0. The van der Waals surface area contributed by atoms with Crippen molar-refractivity contribution in [1.82, 2.24) is 4.90 Å². The summed E-state index contributed by atoms with van der Waals surface area (Å²) in [5.74, 6) is -0.0316. The predicted octanol–water partition coefficient (Wildman–Crippen LogP) is 1.40. The van der Waals surface area contributed by atoms with Gasteiger partial charge in [0.15, 0.2) is 16.4 Å². The normalized spacial score (nSPS) is 25.9. The summed E-state index contributed by atoms with van der Waals surface area (Å²) < 4.78 is 34.4. The van der Waals surface area contributed by atoms with Crippen molar-refractivity contribution in [2.45, 2.75) is 12.1 Å². The Balaban J connectivity index is 1.66. The van der Waals surface area contributed by atoms with Crippen LogP contribution in [0.3, 0.4) is 0 Å². The molecule has 23 heavy (non-hydrogen) atoms. The van der Waals surface area contributed by atoms with Crippen LogP contribution in [0, 0.1) is 0 Å². The molecule has 126 valence electrons. The lowest BCUT2D eigenvalue weighted by molar-refractivity contribution is -0.144. The number of benzene rings is 1. The lowest BCUT2D eigenvalue weighted by Gasteiger charge is -2.36. The van der Waals surface area contributed by atoms with Crippen molar-refractivity contribution < 1.29 is 22.7 Å². The van der Waals surface area contributed by atoms with Crippen LogP contribution < -0.4 is 4.74 Å². The average molecular weight is 380 g/mol. The Kier molecular flexibility index (Phi) is 4.73. The summed E-state index contributed by atoms with van der Waals surface area (Å²) in [5, 5.41) is 0.787. The molecule has 0 radical (unpaired) electrons.